The van der Waals surface area contributed by atoms with Gasteiger partial charge < -0.3 is 9.64 Å². The first-order chi connectivity index (χ1) is 5.83. The Morgan fingerprint density at radius 3 is 3.00 bits per heavy atom. The van der Waals surface area contributed by atoms with E-state index in [0.717, 1.165) is 19.5 Å². The minimum Gasteiger partial charge on any atom is -0.462 e. The molecule has 0 radical (unpaired) electrons. The third-order valence-electron chi connectivity index (χ3n) is 1.94. The lowest BCUT2D eigenvalue weighted by atomic mass is 10.2. The SMILES string of the molecule is CCOC(=O)C[NH+]1CC=CCC1. The highest BCUT2D eigenvalue weighted by Gasteiger charge is 2.14. The van der Waals surface area contributed by atoms with Gasteiger partial charge in [-0.2, -0.15) is 0 Å². The van der Waals surface area contributed by atoms with Gasteiger partial charge in [-0.25, -0.2) is 4.79 Å². The largest absolute Gasteiger partial charge is 0.462 e. The van der Waals surface area contributed by atoms with E-state index >= 15 is 0 Å². The van der Waals surface area contributed by atoms with Crippen molar-refractivity contribution in [2.24, 2.45) is 0 Å². The second kappa shape index (κ2) is 4.93. The maximum absolute atomic E-state index is 11.0. The van der Waals surface area contributed by atoms with Gasteiger partial charge in [0.15, 0.2) is 6.54 Å². The first-order valence-electron chi connectivity index (χ1n) is 4.47. The van der Waals surface area contributed by atoms with E-state index in [-0.39, 0.29) is 5.97 Å². The van der Waals surface area contributed by atoms with E-state index in [1.165, 1.54) is 4.90 Å². The van der Waals surface area contributed by atoms with Gasteiger partial charge in [0.1, 0.15) is 0 Å². The molecule has 12 heavy (non-hydrogen) atoms. The molecular weight excluding hydrogens is 154 g/mol. The second-order valence-corrected chi connectivity index (χ2v) is 2.95. The van der Waals surface area contributed by atoms with Gasteiger partial charge in [0.2, 0.25) is 0 Å². The third-order valence-corrected chi connectivity index (χ3v) is 1.94. The predicted octanol–water partition coefficient (Wildman–Crippen LogP) is -0.606. The number of esters is 1. The Morgan fingerprint density at radius 1 is 1.58 bits per heavy atom. The van der Waals surface area contributed by atoms with E-state index < -0.39 is 0 Å². The molecule has 1 unspecified atom stereocenters. The summed E-state index contributed by atoms with van der Waals surface area (Å²) in [6.45, 7) is 4.84. The molecule has 3 nitrogen and oxygen atoms in total. The van der Waals surface area contributed by atoms with Crippen molar-refractivity contribution in [3.8, 4) is 0 Å². The monoisotopic (exact) mass is 170 g/mol. The van der Waals surface area contributed by atoms with E-state index in [0.29, 0.717) is 13.2 Å². The van der Waals surface area contributed by atoms with Crippen molar-refractivity contribution in [2.45, 2.75) is 13.3 Å². The van der Waals surface area contributed by atoms with Crippen LogP contribution in [0, 0.1) is 0 Å². The van der Waals surface area contributed by atoms with Gasteiger partial charge in [0, 0.05) is 6.42 Å². The van der Waals surface area contributed by atoms with Gasteiger partial charge in [-0.1, -0.05) is 6.08 Å². The number of nitrogens with one attached hydrogen (secondary N) is 1. The van der Waals surface area contributed by atoms with E-state index in [1.54, 1.807) is 0 Å². The molecule has 0 amide bonds. The molecule has 1 heterocycles. The number of carbonyl (C=O) groups is 1. The maximum Gasteiger partial charge on any atom is 0.361 e. The van der Waals surface area contributed by atoms with Crippen molar-refractivity contribution < 1.29 is 14.4 Å². The topological polar surface area (TPSA) is 30.7 Å². The van der Waals surface area contributed by atoms with E-state index in [9.17, 15) is 4.79 Å². The molecule has 0 bridgehead atoms. The fourth-order valence-corrected chi connectivity index (χ4v) is 1.33. The van der Waals surface area contributed by atoms with Crippen LogP contribution >= 0.6 is 0 Å². The Kier molecular flexibility index (Phi) is 3.80. The average Bonchev–Trinajstić information content (AvgIpc) is 2.06. The lowest BCUT2D eigenvalue weighted by molar-refractivity contribution is -0.887. The summed E-state index contributed by atoms with van der Waals surface area (Å²) in [6.07, 6.45) is 5.36. The molecule has 3 heteroatoms. The number of hydrogen-bond donors (Lipinski definition) is 1. The summed E-state index contributed by atoms with van der Waals surface area (Å²) in [6, 6.07) is 0. The zero-order valence-corrected chi connectivity index (χ0v) is 7.51. The zero-order chi connectivity index (χ0) is 8.81. The summed E-state index contributed by atoms with van der Waals surface area (Å²) in [4.78, 5) is 12.3. The van der Waals surface area contributed by atoms with Crippen molar-refractivity contribution >= 4 is 5.97 Å². The number of carbonyl (C=O) groups excluding carboxylic acids is 1. The zero-order valence-electron chi connectivity index (χ0n) is 7.51. The maximum atomic E-state index is 11.0. The van der Waals surface area contributed by atoms with Crippen molar-refractivity contribution in [3.05, 3.63) is 12.2 Å². The summed E-state index contributed by atoms with van der Waals surface area (Å²) < 4.78 is 4.86. The van der Waals surface area contributed by atoms with Gasteiger partial charge >= 0.3 is 5.97 Å². The van der Waals surface area contributed by atoms with Crippen molar-refractivity contribution in [3.63, 3.8) is 0 Å². The molecule has 1 aliphatic rings. The van der Waals surface area contributed by atoms with Crippen LogP contribution in [0.1, 0.15) is 13.3 Å². The summed E-state index contributed by atoms with van der Waals surface area (Å²) >= 11 is 0. The van der Waals surface area contributed by atoms with Crippen LogP contribution in [-0.2, 0) is 9.53 Å². The first kappa shape index (κ1) is 9.26. The average molecular weight is 170 g/mol. The lowest BCUT2D eigenvalue weighted by Crippen LogP contribution is -3.13. The molecule has 0 aromatic rings. The van der Waals surface area contributed by atoms with Gasteiger partial charge in [-0.05, 0) is 13.0 Å². The highest BCUT2D eigenvalue weighted by molar-refractivity contribution is 5.70. The lowest BCUT2D eigenvalue weighted by Gasteiger charge is -2.18. The van der Waals surface area contributed by atoms with Crippen molar-refractivity contribution in [1.82, 2.24) is 0 Å². The molecule has 0 spiro atoms. The number of hydrogen-bond acceptors (Lipinski definition) is 2. The Hall–Kier alpha value is -0.830. The van der Waals surface area contributed by atoms with Gasteiger partial charge in [-0.3, -0.25) is 0 Å². The summed E-state index contributed by atoms with van der Waals surface area (Å²) in [5.41, 5.74) is 0. The molecule has 0 saturated heterocycles. The second-order valence-electron chi connectivity index (χ2n) is 2.95. The fourth-order valence-electron chi connectivity index (χ4n) is 1.33. The Balaban J connectivity index is 2.21. The van der Waals surface area contributed by atoms with Crippen LogP contribution in [0.25, 0.3) is 0 Å². The van der Waals surface area contributed by atoms with Crippen LogP contribution in [0.15, 0.2) is 12.2 Å². The Morgan fingerprint density at radius 2 is 2.42 bits per heavy atom. The number of ether oxygens (including phenoxy) is 1. The van der Waals surface area contributed by atoms with Crippen LogP contribution in [0.5, 0.6) is 0 Å². The van der Waals surface area contributed by atoms with E-state index in [2.05, 4.69) is 12.2 Å². The molecule has 68 valence electrons. The molecule has 1 aliphatic heterocycles. The standard InChI is InChI=1S/C9H15NO2/c1-2-12-9(11)8-10-6-4-3-5-7-10/h3-4H,2,5-8H2,1H3/p+1. The molecule has 1 atom stereocenters. The molecule has 0 aliphatic carbocycles. The summed E-state index contributed by atoms with van der Waals surface area (Å²) in [5, 5.41) is 0. The minimum atomic E-state index is -0.0807. The van der Waals surface area contributed by atoms with E-state index in [4.69, 9.17) is 4.74 Å². The highest BCUT2D eigenvalue weighted by Crippen LogP contribution is 1.82. The Bertz CT molecular complexity index is 177. The van der Waals surface area contributed by atoms with Crippen molar-refractivity contribution in [1.29, 1.82) is 0 Å². The molecule has 0 aromatic carbocycles. The van der Waals surface area contributed by atoms with Gasteiger partial charge in [0.05, 0.1) is 19.7 Å². The van der Waals surface area contributed by atoms with Crippen molar-refractivity contribution in [2.75, 3.05) is 26.2 Å². The van der Waals surface area contributed by atoms with Crippen LogP contribution in [0.4, 0.5) is 0 Å². The first-order valence-corrected chi connectivity index (χ1v) is 4.47. The molecule has 0 fully saturated rings. The Labute approximate surface area is 73.0 Å². The highest BCUT2D eigenvalue weighted by atomic mass is 16.5. The van der Waals surface area contributed by atoms with Crippen LogP contribution in [-0.4, -0.2) is 32.2 Å². The van der Waals surface area contributed by atoms with Crippen LogP contribution in [0.2, 0.25) is 0 Å². The van der Waals surface area contributed by atoms with Gasteiger partial charge in [-0.15, -0.1) is 0 Å². The molecule has 0 aromatic heterocycles. The van der Waals surface area contributed by atoms with Crippen LogP contribution < -0.4 is 4.90 Å². The molecule has 0 saturated carbocycles. The smallest absolute Gasteiger partial charge is 0.361 e. The van der Waals surface area contributed by atoms with Crippen LogP contribution in [0.3, 0.4) is 0 Å². The summed E-state index contributed by atoms with van der Waals surface area (Å²) in [7, 11) is 0. The number of quaternary nitrogens is 1. The molecular formula is C9H16NO2+. The molecule has 1 rings (SSSR count). The normalized spacial score (nSPS) is 22.2. The minimum absolute atomic E-state index is 0.0807. The van der Waals surface area contributed by atoms with E-state index in [1.807, 2.05) is 6.92 Å². The third kappa shape index (κ3) is 3.05. The predicted molar refractivity (Wildman–Crippen MR) is 46.0 cm³/mol. The summed E-state index contributed by atoms with van der Waals surface area (Å²) in [5.74, 6) is -0.0807. The number of rotatable bonds is 3. The quantitative estimate of drug-likeness (QED) is 0.452. The molecule has 1 N–H and O–H groups in total. The fraction of sp³-hybridized carbons (Fsp3) is 0.667. The van der Waals surface area contributed by atoms with Gasteiger partial charge in [0.25, 0.3) is 0 Å².